The zero-order valence-corrected chi connectivity index (χ0v) is 17.8. The summed E-state index contributed by atoms with van der Waals surface area (Å²) in [4.78, 5) is 20.8. The number of carbonyl (C=O) groups is 1. The number of ether oxygens (including phenoxy) is 2. The molecule has 4 rings (SSSR count). The van der Waals surface area contributed by atoms with Gasteiger partial charge in [-0.2, -0.15) is 0 Å². The highest BCUT2D eigenvalue weighted by Crippen LogP contribution is 2.31. The molecular weight excluding hydrogens is 418 g/mol. The van der Waals surface area contributed by atoms with E-state index in [2.05, 4.69) is 10.3 Å². The first-order valence-electron chi connectivity index (χ1n) is 9.47. The van der Waals surface area contributed by atoms with Gasteiger partial charge in [-0.25, -0.2) is 15.4 Å². The molecule has 0 aliphatic rings. The third-order valence-corrected chi connectivity index (χ3v) is 5.33. The van der Waals surface area contributed by atoms with Gasteiger partial charge in [-0.15, -0.1) is 11.3 Å². The van der Waals surface area contributed by atoms with Crippen molar-refractivity contribution in [1.29, 1.82) is 0 Å². The summed E-state index contributed by atoms with van der Waals surface area (Å²) in [6.45, 7) is 2.93. The molecule has 0 aliphatic carbocycles. The van der Waals surface area contributed by atoms with E-state index in [0.29, 0.717) is 23.9 Å². The lowest BCUT2D eigenvalue weighted by molar-refractivity contribution is 0.0706. The molecule has 0 atom stereocenters. The molecule has 3 N–H and O–H groups in total. The number of carbonyl (C=O) groups excluding carboxylic acids is 1. The van der Waals surface area contributed by atoms with Crippen molar-refractivity contribution in [2.75, 3.05) is 25.6 Å². The van der Waals surface area contributed by atoms with Gasteiger partial charge < -0.3 is 14.8 Å². The first kappa shape index (κ1) is 20.8. The van der Waals surface area contributed by atoms with Crippen molar-refractivity contribution in [3.8, 4) is 17.1 Å². The summed E-state index contributed by atoms with van der Waals surface area (Å²) in [6.07, 6.45) is 1.90. The number of aryl methyl sites for hydroxylation is 1. The summed E-state index contributed by atoms with van der Waals surface area (Å²) in [5, 5.41) is 14.6. The summed E-state index contributed by atoms with van der Waals surface area (Å²) in [5.41, 5.74) is 6.12. The molecule has 0 fully saturated rings. The Morgan fingerprint density at radius 3 is 2.71 bits per heavy atom. The molecule has 9 nitrogen and oxygen atoms in total. The molecule has 10 heteroatoms. The van der Waals surface area contributed by atoms with Crippen molar-refractivity contribution in [2.24, 2.45) is 0 Å². The quantitative estimate of drug-likeness (QED) is 0.218. The van der Waals surface area contributed by atoms with E-state index in [4.69, 9.17) is 19.7 Å². The Bertz CT molecular complexity index is 1200. The van der Waals surface area contributed by atoms with Gasteiger partial charge >= 0.3 is 0 Å². The molecule has 0 saturated heterocycles. The van der Waals surface area contributed by atoms with E-state index in [1.807, 2.05) is 35.0 Å². The van der Waals surface area contributed by atoms with Crippen molar-refractivity contribution >= 4 is 33.7 Å². The van der Waals surface area contributed by atoms with Gasteiger partial charge in [0.2, 0.25) is 0 Å². The molecule has 3 aromatic heterocycles. The molecule has 0 bridgehead atoms. The number of fused-ring (bicyclic) bond motifs is 1. The average Bonchev–Trinajstić information content (AvgIpc) is 3.36. The van der Waals surface area contributed by atoms with Gasteiger partial charge in [0.05, 0.1) is 24.2 Å². The van der Waals surface area contributed by atoms with Crippen molar-refractivity contribution in [3.05, 3.63) is 59.2 Å². The first-order chi connectivity index (χ1) is 15.1. The number of imidazole rings is 1. The Balaban J connectivity index is 1.57. The normalized spacial score (nSPS) is 10.9. The monoisotopic (exact) mass is 439 g/mol. The van der Waals surface area contributed by atoms with Crippen LogP contribution in [0.1, 0.15) is 16.1 Å². The van der Waals surface area contributed by atoms with Crippen LogP contribution < -0.4 is 15.5 Å². The largest absolute Gasteiger partial charge is 0.490 e. The maximum Gasteiger partial charge on any atom is 0.274 e. The molecule has 0 radical (unpaired) electrons. The maximum absolute atomic E-state index is 11.4. The van der Waals surface area contributed by atoms with Crippen LogP contribution in [0, 0.1) is 6.92 Å². The fraction of sp³-hybridized carbons (Fsp3) is 0.190. The molecule has 0 aliphatic heterocycles. The Hall–Kier alpha value is -3.47. The molecule has 0 unspecified atom stereocenters. The number of anilines is 2. The number of aromatic nitrogens is 3. The minimum atomic E-state index is -0.559. The summed E-state index contributed by atoms with van der Waals surface area (Å²) in [7, 11) is 1.64. The van der Waals surface area contributed by atoms with Gasteiger partial charge in [0.15, 0.2) is 5.13 Å². The van der Waals surface area contributed by atoms with Crippen LogP contribution in [0.25, 0.3) is 17.0 Å². The van der Waals surface area contributed by atoms with Crippen molar-refractivity contribution in [3.63, 3.8) is 0 Å². The predicted octanol–water partition coefficient (Wildman–Crippen LogP) is 3.65. The number of pyridine rings is 1. The van der Waals surface area contributed by atoms with Crippen LogP contribution in [0.2, 0.25) is 0 Å². The Kier molecular flexibility index (Phi) is 6.12. The van der Waals surface area contributed by atoms with Crippen LogP contribution in [0.4, 0.5) is 10.8 Å². The van der Waals surface area contributed by atoms with E-state index >= 15 is 0 Å². The molecule has 0 saturated carbocycles. The van der Waals surface area contributed by atoms with E-state index in [1.54, 1.807) is 36.9 Å². The number of benzene rings is 1. The Morgan fingerprint density at radius 2 is 1.97 bits per heavy atom. The third kappa shape index (κ3) is 4.50. The highest BCUT2D eigenvalue weighted by Gasteiger charge is 2.15. The van der Waals surface area contributed by atoms with E-state index in [9.17, 15) is 4.79 Å². The number of methoxy groups -OCH3 is 1. The highest BCUT2D eigenvalue weighted by atomic mass is 32.1. The lowest BCUT2D eigenvalue weighted by atomic mass is 10.2. The molecule has 3 heterocycles. The molecular formula is C21H21N5O4S. The van der Waals surface area contributed by atoms with Crippen LogP contribution in [0.15, 0.2) is 48.0 Å². The Morgan fingerprint density at radius 1 is 1.16 bits per heavy atom. The van der Waals surface area contributed by atoms with Crippen molar-refractivity contribution < 1.29 is 19.5 Å². The number of hydrogen-bond acceptors (Lipinski definition) is 8. The van der Waals surface area contributed by atoms with Gasteiger partial charge in [0, 0.05) is 23.7 Å². The van der Waals surface area contributed by atoms with E-state index in [1.165, 1.54) is 11.3 Å². The number of hydrogen-bond donors (Lipinski definition) is 3. The number of rotatable bonds is 8. The number of amides is 1. The third-order valence-electron chi connectivity index (χ3n) is 4.57. The van der Waals surface area contributed by atoms with Gasteiger partial charge in [0.25, 0.3) is 5.91 Å². The summed E-state index contributed by atoms with van der Waals surface area (Å²) >= 11 is 1.47. The van der Waals surface area contributed by atoms with Crippen LogP contribution in [-0.4, -0.2) is 45.8 Å². The first-order valence-corrected chi connectivity index (χ1v) is 10.3. The van der Waals surface area contributed by atoms with Gasteiger partial charge in [-0.1, -0.05) is 0 Å². The second kappa shape index (κ2) is 9.13. The summed E-state index contributed by atoms with van der Waals surface area (Å²) in [6, 6.07) is 10.5. The molecule has 160 valence electrons. The van der Waals surface area contributed by atoms with Crippen molar-refractivity contribution in [2.45, 2.75) is 6.92 Å². The summed E-state index contributed by atoms with van der Waals surface area (Å²) < 4.78 is 12.7. The van der Waals surface area contributed by atoms with Crippen LogP contribution in [0.3, 0.4) is 0 Å². The minimum Gasteiger partial charge on any atom is -0.490 e. The van der Waals surface area contributed by atoms with E-state index < -0.39 is 5.91 Å². The Labute approximate surface area is 182 Å². The highest BCUT2D eigenvalue weighted by molar-refractivity contribution is 7.14. The van der Waals surface area contributed by atoms with Crippen LogP contribution in [-0.2, 0) is 4.74 Å². The topological polar surface area (TPSA) is 110 Å². The maximum atomic E-state index is 11.4. The summed E-state index contributed by atoms with van der Waals surface area (Å²) in [5.74, 6) is 0.167. The number of thiazole rings is 1. The average molecular weight is 439 g/mol. The fourth-order valence-corrected chi connectivity index (χ4v) is 3.83. The lowest BCUT2D eigenvalue weighted by Gasteiger charge is -2.07. The van der Waals surface area contributed by atoms with E-state index in [-0.39, 0.29) is 0 Å². The zero-order valence-electron chi connectivity index (χ0n) is 17.0. The molecule has 1 aromatic carbocycles. The van der Waals surface area contributed by atoms with Gasteiger partial charge in [0.1, 0.15) is 23.7 Å². The predicted molar refractivity (Wildman–Crippen MR) is 117 cm³/mol. The number of nitrogens with zero attached hydrogens (tertiary/aromatic N) is 3. The number of nitrogens with one attached hydrogen (secondary N) is 2. The SMILES string of the molecule is COCCOc1ccc2nc(C)c(-c3csc(Nc4ccc(C(=O)NO)cc4)n3)n2c1. The number of hydroxylamine groups is 1. The smallest absolute Gasteiger partial charge is 0.274 e. The molecule has 1 amide bonds. The lowest BCUT2D eigenvalue weighted by Crippen LogP contribution is -2.18. The van der Waals surface area contributed by atoms with Crippen LogP contribution >= 0.6 is 11.3 Å². The standard InChI is InChI=1S/C21H21N5O4S/c1-13-19(26-11-16(30-10-9-29-2)7-8-18(26)22-13)17-12-31-21(24-17)23-15-5-3-14(4-6-15)20(27)25-28/h3-8,11-12,28H,9-10H2,1-2H3,(H,23,24)(H,25,27). The van der Waals surface area contributed by atoms with E-state index in [0.717, 1.165) is 34.2 Å². The van der Waals surface area contributed by atoms with Gasteiger partial charge in [-0.05, 0) is 43.3 Å². The van der Waals surface area contributed by atoms with Crippen LogP contribution in [0.5, 0.6) is 5.75 Å². The fourth-order valence-electron chi connectivity index (χ4n) is 3.11. The van der Waals surface area contributed by atoms with Gasteiger partial charge in [-0.3, -0.25) is 14.4 Å². The zero-order chi connectivity index (χ0) is 21.8. The second-order valence-corrected chi connectivity index (χ2v) is 7.52. The minimum absolute atomic E-state index is 0.359. The molecule has 0 spiro atoms. The van der Waals surface area contributed by atoms with Crippen molar-refractivity contribution in [1.82, 2.24) is 19.8 Å². The molecule has 4 aromatic rings. The second-order valence-electron chi connectivity index (χ2n) is 6.66. The molecule has 31 heavy (non-hydrogen) atoms.